The van der Waals surface area contributed by atoms with Crippen molar-refractivity contribution in [3.05, 3.63) is 48.6 Å². The first-order valence-corrected chi connectivity index (χ1v) is 15.0. The largest absolute Gasteiger partial charge is 0.461 e. The Morgan fingerprint density at radius 1 is 1.07 bits per heavy atom. The Bertz CT molecular complexity index is 990. The minimum Gasteiger partial charge on any atom is -0.461 e. The standard InChI is InChI=1S/C33H53NO7/c1-10-11-13-17(2)31(41-33(34)39)23(8)28(35)19(4)16-18(3)27-22(7)29(36)20(5)25(27)14-12-15-26-21(6)30(37)24(9)32(38)40-26/h10-14,16-17,19-31,35-37H,1,15H2,2-9H3,(H2,34,39)/b13-11-,14-12+,18-16+/t17-,19-,20+,21+,22-,23+,24-,25+,26-,27-,28+,29+,30+,31-/m0/s1. The highest BCUT2D eigenvalue weighted by atomic mass is 16.6. The van der Waals surface area contributed by atoms with Gasteiger partial charge in [0, 0.05) is 30.1 Å². The zero-order valence-electron chi connectivity index (χ0n) is 26.0. The van der Waals surface area contributed by atoms with Crippen molar-refractivity contribution in [2.24, 2.45) is 59.0 Å². The fourth-order valence-corrected chi connectivity index (χ4v) is 6.91. The highest BCUT2D eigenvalue weighted by Gasteiger charge is 2.45. The molecule has 0 aromatic heterocycles. The number of allylic oxidation sites excluding steroid dienone is 4. The van der Waals surface area contributed by atoms with Crippen LogP contribution in [-0.2, 0) is 14.3 Å². The summed E-state index contributed by atoms with van der Waals surface area (Å²) < 4.78 is 11.0. The SMILES string of the molecule is C=C/C=C\[C@H](C)[C@H](OC(N)=O)[C@H](C)[C@H](O)[C@@H](C)/C=C(\C)[C@H]1[C@H](C)[C@H](O)[C@H](C)[C@H]1/C=C/C[C@@H]1OC(=O)[C@@H](C)[C@H](O)[C@@H]1C. The van der Waals surface area contributed by atoms with Gasteiger partial charge in [0.05, 0.1) is 24.2 Å². The third-order valence-electron chi connectivity index (χ3n) is 9.64. The van der Waals surface area contributed by atoms with Crippen molar-refractivity contribution in [3.8, 4) is 0 Å². The van der Waals surface area contributed by atoms with E-state index in [2.05, 4.69) is 18.7 Å². The molecule has 41 heavy (non-hydrogen) atoms. The maximum atomic E-state index is 12.1. The van der Waals surface area contributed by atoms with Crippen LogP contribution in [0.4, 0.5) is 4.79 Å². The van der Waals surface area contributed by atoms with Crippen LogP contribution in [0.15, 0.2) is 48.6 Å². The summed E-state index contributed by atoms with van der Waals surface area (Å²) in [5.74, 6) is -1.80. The van der Waals surface area contributed by atoms with Crippen LogP contribution in [0.3, 0.4) is 0 Å². The van der Waals surface area contributed by atoms with E-state index < -0.39 is 48.4 Å². The van der Waals surface area contributed by atoms with Crippen LogP contribution in [0.1, 0.15) is 61.8 Å². The molecule has 5 N–H and O–H groups in total. The average molecular weight is 576 g/mol. The topological polar surface area (TPSA) is 139 Å². The molecule has 0 spiro atoms. The molecular weight excluding hydrogens is 522 g/mol. The molecule has 232 valence electrons. The summed E-state index contributed by atoms with van der Waals surface area (Å²) in [7, 11) is 0. The molecule has 2 aliphatic rings. The van der Waals surface area contributed by atoms with Gasteiger partial charge in [0.2, 0.25) is 0 Å². The van der Waals surface area contributed by atoms with E-state index in [1.165, 1.54) is 0 Å². The van der Waals surface area contributed by atoms with Gasteiger partial charge in [-0.3, -0.25) is 4.79 Å². The lowest BCUT2D eigenvalue weighted by atomic mass is 9.78. The van der Waals surface area contributed by atoms with E-state index in [0.717, 1.165) is 5.57 Å². The first-order chi connectivity index (χ1) is 19.1. The molecule has 1 aliphatic carbocycles. The molecule has 1 saturated heterocycles. The van der Waals surface area contributed by atoms with Crippen LogP contribution in [-0.4, -0.2) is 57.9 Å². The van der Waals surface area contributed by atoms with Crippen LogP contribution in [0, 0.1) is 53.3 Å². The van der Waals surface area contributed by atoms with E-state index in [9.17, 15) is 24.9 Å². The van der Waals surface area contributed by atoms with Gasteiger partial charge < -0.3 is 30.5 Å². The lowest BCUT2D eigenvalue weighted by molar-refractivity contribution is -0.176. The van der Waals surface area contributed by atoms with Crippen LogP contribution in [0.2, 0.25) is 0 Å². The molecule has 2 fully saturated rings. The van der Waals surface area contributed by atoms with Gasteiger partial charge in [-0.05, 0) is 37.5 Å². The van der Waals surface area contributed by atoms with Gasteiger partial charge in [-0.15, -0.1) is 0 Å². The summed E-state index contributed by atoms with van der Waals surface area (Å²) in [4.78, 5) is 23.8. The Balaban J connectivity index is 2.22. The first kappa shape index (κ1) is 34.8. The summed E-state index contributed by atoms with van der Waals surface area (Å²) in [6.45, 7) is 19.1. The number of esters is 1. The predicted molar refractivity (Wildman–Crippen MR) is 160 cm³/mol. The molecule has 0 radical (unpaired) electrons. The Kier molecular flexibility index (Phi) is 12.9. The second kappa shape index (κ2) is 15.2. The smallest absolute Gasteiger partial charge is 0.404 e. The van der Waals surface area contributed by atoms with Gasteiger partial charge >= 0.3 is 12.1 Å². The van der Waals surface area contributed by atoms with Crippen LogP contribution in [0.25, 0.3) is 0 Å². The summed E-state index contributed by atoms with van der Waals surface area (Å²) in [6.07, 6.45) is 8.03. The van der Waals surface area contributed by atoms with E-state index in [0.29, 0.717) is 6.42 Å². The molecule has 1 aliphatic heterocycles. The number of amides is 1. The lowest BCUT2D eigenvalue weighted by Gasteiger charge is -2.36. The number of ether oxygens (including phenoxy) is 2. The number of rotatable bonds is 12. The van der Waals surface area contributed by atoms with Crippen molar-refractivity contribution < 1.29 is 34.4 Å². The Morgan fingerprint density at radius 3 is 2.29 bits per heavy atom. The van der Waals surface area contributed by atoms with Gasteiger partial charge in [0.25, 0.3) is 0 Å². The van der Waals surface area contributed by atoms with Gasteiger partial charge in [-0.2, -0.15) is 0 Å². The molecule has 0 bridgehead atoms. The Labute approximate surface area is 246 Å². The summed E-state index contributed by atoms with van der Waals surface area (Å²) in [6, 6.07) is 0. The highest BCUT2D eigenvalue weighted by Crippen LogP contribution is 2.46. The third kappa shape index (κ3) is 8.33. The molecule has 8 nitrogen and oxygen atoms in total. The Hall–Kier alpha value is -2.42. The number of carbonyl (C=O) groups excluding carboxylic acids is 2. The molecule has 8 heteroatoms. The van der Waals surface area contributed by atoms with Crippen molar-refractivity contribution in [1.82, 2.24) is 0 Å². The van der Waals surface area contributed by atoms with E-state index in [4.69, 9.17) is 15.2 Å². The van der Waals surface area contributed by atoms with Crippen molar-refractivity contribution in [2.75, 3.05) is 0 Å². The average Bonchev–Trinajstić information content (AvgIpc) is 3.14. The second-order valence-electron chi connectivity index (χ2n) is 12.6. The first-order valence-electron chi connectivity index (χ1n) is 15.0. The van der Waals surface area contributed by atoms with E-state index in [1.54, 1.807) is 19.1 Å². The normalized spacial score (nSPS) is 36.5. The summed E-state index contributed by atoms with van der Waals surface area (Å²) >= 11 is 0. The van der Waals surface area contributed by atoms with E-state index in [-0.39, 0.29) is 47.4 Å². The molecular formula is C33H53NO7. The molecule has 0 aromatic carbocycles. The van der Waals surface area contributed by atoms with Gasteiger partial charge in [0.15, 0.2) is 0 Å². The molecule has 1 amide bonds. The maximum Gasteiger partial charge on any atom is 0.404 e. The van der Waals surface area contributed by atoms with Crippen molar-refractivity contribution in [1.29, 1.82) is 0 Å². The number of hydrogen-bond acceptors (Lipinski definition) is 7. The number of cyclic esters (lactones) is 1. The maximum absolute atomic E-state index is 12.1. The van der Waals surface area contributed by atoms with Gasteiger partial charge in [-0.1, -0.05) is 90.2 Å². The minimum absolute atomic E-state index is 0.00164. The fraction of sp³-hybridized carbons (Fsp3) is 0.697. The van der Waals surface area contributed by atoms with Crippen molar-refractivity contribution in [2.45, 2.75) is 92.3 Å². The summed E-state index contributed by atoms with van der Waals surface area (Å²) in [5.41, 5.74) is 6.41. The van der Waals surface area contributed by atoms with Gasteiger partial charge in [-0.25, -0.2) is 4.79 Å². The Morgan fingerprint density at radius 2 is 1.71 bits per heavy atom. The number of nitrogens with two attached hydrogens (primary N) is 1. The predicted octanol–water partition coefficient (Wildman–Crippen LogP) is 4.79. The number of aliphatic hydroxyl groups excluding tert-OH is 3. The fourth-order valence-electron chi connectivity index (χ4n) is 6.91. The highest BCUT2D eigenvalue weighted by molar-refractivity contribution is 5.73. The molecule has 0 unspecified atom stereocenters. The molecule has 1 heterocycles. The number of hydrogen-bond donors (Lipinski definition) is 4. The quantitative estimate of drug-likeness (QED) is 0.149. The summed E-state index contributed by atoms with van der Waals surface area (Å²) in [5, 5.41) is 32.7. The lowest BCUT2D eigenvalue weighted by Crippen LogP contribution is -2.46. The molecule has 1 saturated carbocycles. The van der Waals surface area contributed by atoms with Crippen molar-refractivity contribution >= 4 is 12.1 Å². The van der Waals surface area contributed by atoms with Crippen LogP contribution in [0.5, 0.6) is 0 Å². The van der Waals surface area contributed by atoms with E-state index >= 15 is 0 Å². The van der Waals surface area contributed by atoms with Crippen molar-refractivity contribution in [3.63, 3.8) is 0 Å². The molecule has 0 aromatic rings. The number of aliphatic hydroxyl groups is 3. The van der Waals surface area contributed by atoms with Gasteiger partial charge in [0.1, 0.15) is 12.2 Å². The number of primary amides is 1. The second-order valence-corrected chi connectivity index (χ2v) is 12.6. The zero-order valence-corrected chi connectivity index (χ0v) is 26.0. The number of carbonyl (C=O) groups is 2. The molecule has 14 atom stereocenters. The monoisotopic (exact) mass is 575 g/mol. The van der Waals surface area contributed by atoms with Crippen LogP contribution >= 0.6 is 0 Å². The van der Waals surface area contributed by atoms with Crippen LogP contribution < -0.4 is 5.73 Å². The third-order valence-corrected chi connectivity index (χ3v) is 9.64. The zero-order chi connectivity index (χ0) is 31.2. The minimum atomic E-state index is -0.883. The molecule has 2 rings (SSSR count). The van der Waals surface area contributed by atoms with E-state index in [1.807, 2.05) is 60.6 Å².